The second kappa shape index (κ2) is 4.68. The molecule has 0 amide bonds. The SMILES string of the molecule is CSc1ccc(O)c(C2(CN)CCCC2)c1. The Kier molecular flexibility index (Phi) is 3.45. The fraction of sp³-hybridized carbons (Fsp3) is 0.538. The van der Waals surface area contributed by atoms with Gasteiger partial charge in [-0.15, -0.1) is 11.8 Å². The topological polar surface area (TPSA) is 46.2 Å². The first-order valence-electron chi connectivity index (χ1n) is 5.79. The Morgan fingerprint density at radius 3 is 2.62 bits per heavy atom. The van der Waals surface area contributed by atoms with Gasteiger partial charge in [0.25, 0.3) is 0 Å². The van der Waals surface area contributed by atoms with Gasteiger partial charge in [0.15, 0.2) is 0 Å². The number of hydrogen-bond acceptors (Lipinski definition) is 3. The molecule has 1 aromatic carbocycles. The second-order valence-corrected chi connectivity index (χ2v) is 5.45. The molecule has 0 atom stereocenters. The number of thioether (sulfide) groups is 1. The van der Waals surface area contributed by atoms with Crippen LogP contribution in [0.4, 0.5) is 0 Å². The third-order valence-electron chi connectivity index (χ3n) is 3.73. The summed E-state index contributed by atoms with van der Waals surface area (Å²) in [5.41, 5.74) is 7.02. The molecule has 2 rings (SSSR count). The van der Waals surface area contributed by atoms with Crippen molar-refractivity contribution in [2.24, 2.45) is 5.73 Å². The van der Waals surface area contributed by atoms with E-state index in [1.165, 1.54) is 17.7 Å². The van der Waals surface area contributed by atoms with Gasteiger partial charge in [0, 0.05) is 22.4 Å². The molecule has 0 aromatic heterocycles. The zero-order valence-electron chi connectivity index (χ0n) is 9.70. The quantitative estimate of drug-likeness (QED) is 0.795. The maximum Gasteiger partial charge on any atom is 0.119 e. The summed E-state index contributed by atoms with van der Waals surface area (Å²) in [6.07, 6.45) is 6.71. The van der Waals surface area contributed by atoms with Gasteiger partial charge >= 0.3 is 0 Å². The standard InChI is InChI=1S/C13H19NOS/c1-16-10-4-5-12(15)11(8-10)13(9-14)6-2-3-7-13/h4-5,8,15H,2-3,6-7,9,14H2,1H3. The predicted molar refractivity (Wildman–Crippen MR) is 69.1 cm³/mol. The Hall–Kier alpha value is -0.670. The zero-order valence-corrected chi connectivity index (χ0v) is 10.5. The van der Waals surface area contributed by atoms with Gasteiger partial charge < -0.3 is 10.8 Å². The van der Waals surface area contributed by atoms with E-state index >= 15 is 0 Å². The van der Waals surface area contributed by atoms with E-state index < -0.39 is 0 Å². The molecule has 0 radical (unpaired) electrons. The highest BCUT2D eigenvalue weighted by molar-refractivity contribution is 7.98. The number of phenolic OH excluding ortho intramolecular Hbond substituents is 1. The Balaban J connectivity index is 2.44. The summed E-state index contributed by atoms with van der Waals surface area (Å²) in [4.78, 5) is 1.20. The van der Waals surface area contributed by atoms with Crippen LogP contribution in [0.3, 0.4) is 0 Å². The molecule has 0 heterocycles. The third kappa shape index (κ3) is 1.94. The fourth-order valence-electron chi connectivity index (χ4n) is 2.70. The van der Waals surface area contributed by atoms with E-state index in [2.05, 4.69) is 12.3 Å². The molecule has 1 saturated carbocycles. The first-order chi connectivity index (χ1) is 7.72. The largest absolute Gasteiger partial charge is 0.508 e. The van der Waals surface area contributed by atoms with Gasteiger partial charge in [-0.25, -0.2) is 0 Å². The minimum Gasteiger partial charge on any atom is -0.508 e. The van der Waals surface area contributed by atoms with Crippen molar-refractivity contribution in [2.45, 2.75) is 36.0 Å². The van der Waals surface area contributed by atoms with Crippen molar-refractivity contribution in [3.8, 4) is 5.75 Å². The number of phenols is 1. The molecule has 1 aliphatic rings. The van der Waals surface area contributed by atoms with Gasteiger partial charge in [-0.05, 0) is 37.3 Å². The van der Waals surface area contributed by atoms with Crippen LogP contribution in [-0.2, 0) is 5.41 Å². The van der Waals surface area contributed by atoms with Gasteiger partial charge in [0.2, 0.25) is 0 Å². The van der Waals surface area contributed by atoms with Crippen LogP contribution < -0.4 is 5.73 Å². The third-order valence-corrected chi connectivity index (χ3v) is 4.45. The van der Waals surface area contributed by atoms with Crippen molar-refractivity contribution >= 4 is 11.8 Å². The van der Waals surface area contributed by atoms with Crippen molar-refractivity contribution in [1.29, 1.82) is 0 Å². The summed E-state index contributed by atoms with van der Waals surface area (Å²) >= 11 is 1.71. The summed E-state index contributed by atoms with van der Waals surface area (Å²) in [5.74, 6) is 0.408. The molecule has 0 saturated heterocycles. The maximum atomic E-state index is 10.0. The van der Waals surface area contributed by atoms with Gasteiger partial charge in [-0.1, -0.05) is 12.8 Å². The van der Waals surface area contributed by atoms with E-state index in [9.17, 15) is 5.11 Å². The molecule has 1 fully saturated rings. The monoisotopic (exact) mass is 237 g/mol. The molecule has 88 valence electrons. The lowest BCUT2D eigenvalue weighted by Gasteiger charge is -2.29. The Morgan fingerprint density at radius 1 is 1.38 bits per heavy atom. The Labute approximate surface area is 101 Å². The Morgan fingerprint density at radius 2 is 2.06 bits per heavy atom. The molecular weight excluding hydrogens is 218 g/mol. The van der Waals surface area contributed by atoms with Crippen LogP contribution in [0.2, 0.25) is 0 Å². The van der Waals surface area contributed by atoms with Crippen LogP contribution in [0.15, 0.2) is 23.1 Å². The van der Waals surface area contributed by atoms with Crippen LogP contribution >= 0.6 is 11.8 Å². The molecule has 0 bridgehead atoms. The van der Waals surface area contributed by atoms with Crippen molar-refractivity contribution in [2.75, 3.05) is 12.8 Å². The molecule has 2 nitrogen and oxygen atoms in total. The number of nitrogens with two attached hydrogens (primary N) is 1. The molecular formula is C13H19NOS. The molecule has 0 spiro atoms. The van der Waals surface area contributed by atoms with E-state index in [-0.39, 0.29) is 5.41 Å². The minimum atomic E-state index is 0.0236. The van der Waals surface area contributed by atoms with E-state index in [1.807, 2.05) is 6.07 Å². The van der Waals surface area contributed by atoms with E-state index in [0.717, 1.165) is 18.4 Å². The lowest BCUT2D eigenvalue weighted by molar-refractivity contribution is 0.404. The molecule has 16 heavy (non-hydrogen) atoms. The normalized spacial score (nSPS) is 18.9. The fourth-order valence-corrected chi connectivity index (χ4v) is 3.14. The molecule has 0 aliphatic heterocycles. The molecule has 1 aliphatic carbocycles. The summed E-state index contributed by atoms with van der Waals surface area (Å²) in [7, 11) is 0. The zero-order chi connectivity index (χ0) is 11.6. The van der Waals surface area contributed by atoms with Gasteiger partial charge in [0.1, 0.15) is 5.75 Å². The highest BCUT2D eigenvalue weighted by Gasteiger charge is 2.36. The summed E-state index contributed by atoms with van der Waals surface area (Å²) < 4.78 is 0. The molecule has 3 N–H and O–H groups in total. The second-order valence-electron chi connectivity index (χ2n) is 4.57. The van der Waals surface area contributed by atoms with Crippen LogP contribution in [0.1, 0.15) is 31.2 Å². The minimum absolute atomic E-state index is 0.0236. The Bertz CT molecular complexity index is 372. The van der Waals surface area contributed by atoms with E-state index in [4.69, 9.17) is 5.73 Å². The number of hydrogen-bond donors (Lipinski definition) is 2. The van der Waals surface area contributed by atoms with Crippen LogP contribution in [0.5, 0.6) is 5.75 Å². The summed E-state index contributed by atoms with van der Waals surface area (Å²) in [6.45, 7) is 0.637. The first-order valence-corrected chi connectivity index (χ1v) is 7.02. The highest BCUT2D eigenvalue weighted by atomic mass is 32.2. The molecule has 3 heteroatoms. The van der Waals surface area contributed by atoms with E-state index in [1.54, 1.807) is 17.8 Å². The predicted octanol–water partition coefficient (Wildman–Crippen LogP) is 2.88. The first kappa shape index (κ1) is 11.8. The smallest absolute Gasteiger partial charge is 0.119 e. The van der Waals surface area contributed by atoms with Crippen molar-refractivity contribution < 1.29 is 5.11 Å². The van der Waals surface area contributed by atoms with E-state index in [0.29, 0.717) is 12.3 Å². The average molecular weight is 237 g/mol. The summed E-state index contributed by atoms with van der Waals surface area (Å²) in [5, 5.41) is 10.0. The molecule has 1 aromatic rings. The van der Waals surface area contributed by atoms with Gasteiger partial charge in [0.05, 0.1) is 0 Å². The van der Waals surface area contributed by atoms with Gasteiger partial charge in [-0.2, -0.15) is 0 Å². The number of aromatic hydroxyl groups is 1. The lowest BCUT2D eigenvalue weighted by atomic mass is 9.78. The highest BCUT2D eigenvalue weighted by Crippen LogP contribution is 2.44. The van der Waals surface area contributed by atoms with Crippen molar-refractivity contribution in [3.63, 3.8) is 0 Å². The van der Waals surface area contributed by atoms with Crippen molar-refractivity contribution in [1.82, 2.24) is 0 Å². The lowest BCUT2D eigenvalue weighted by Crippen LogP contribution is -2.32. The van der Waals surface area contributed by atoms with Crippen LogP contribution in [0.25, 0.3) is 0 Å². The summed E-state index contributed by atoms with van der Waals surface area (Å²) in [6, 6.07) is 5.87. The van der Waals surface area contributed by atoms with Crippen molar-refractivity contribution in [3.05, 3.63) is 23.8 Å². The van der Waals surface area contributed by atoms with Crippen LogP contribution in [-0.4, -0.2) is 17.9 Å². The number of benzene rings is 1. The van der Waals surface area contributed by atoms with Crippen LogP contribution in [0, 0.1) is 0 Å². The van der Waals surface area contributed by atoms with Gasteiger partial charge in [-0.3, -0.25) is 0 Å². The molecule has 0 unspecified atom stereocenters. The number of rotatable bonds is 3. The maximum absolute atomic E-state index is 10.0. The average Bonchev–Trinajstić information content (AvgIpc) is 2.79.